The van der Waals surface area contributed by atoms with Crippen molar-refractivity contribution in [1.82, 2.24) is 16.0 Å². The first-order valence-corrected chi connectivity index (χ1v) is 11.5. The van der Waals surface area contributed by atoms with Crippen LogP contribution in [0.25, 0.3) is 0 Å². The molecule has 0 saturated heterocycles. The molecule has 0 aromatic heterocycles. The minimum atomic E-state index is 0.137. The summed E-state index contributed by atoms with van der Waals surface area (Å²) in [6.07, 6.45) is 17.0. The second kappa shape index (κ2) is 19.2. The Morgan fingerprint density at radius 3 is 1.62 bits per heavy atom. The van der Waals surface area contributed by atoms with E-state index in [2.05, 4.69) is 38.5 Å². The van der Waals surface area contributed by atoms with Crippen molar-refractivity contribution in [3.8, 4) is 0 Å². The summed E-state index contributed by atoms with van der Waals surface area (Å²) in [6.45, 7) is 10.5. The lowest BCUT2D eigenvalue weighted by atomic mass is 9.97. The van der Waals surface area contributed by atoms with E-state index in [9.17, 15) is 4.79 Å². The van der Waals surface area contributed by atoms with Crippen molar-refractivity contribution in [2.75, 3.05) is 13.1 Å². The van der Waals surface area contributed by atoms with Crippen molar-refractivity contribution in [1.29, 1.82) is 0 Å². The number of carbonyl (C=O) groups is 1. The van der Waals surface area contributed by atoms with Crippen molar-refractivity contribution < 1.29 is 4.79 Å². The van der Waals surface area contributed by atoms with E-state index in [1.165, 1.54) is 51.4 Å². The Morgan fingerprint density at radius 1 is 0.692 bits per heavy atom. The zero-order valence-electron chi connectivity index (χ0n) is 18.2. The van der Waals surface area contributed by atoms with Gasteiger partial charge in [-0.05, 0) is 25.7 Å². The van der Waals surface area contributed by atoms with Gasteiger partial charge in [-0.25, -0.2) is 16.0 Å². The second-order valence-corrected chi connectivity index (χ2v) is 7.57. The van der Waals surface area contributed by atoms with Crippen LogP contribution < -0.4 is 10.9 Å². The normalized spacial score (nSPS) is 12.3. The topological polar surface area (TPSA) is 44.4 Å². The van der Waals surface area contributed by atoms with Gasteiger partial charge in [-0.2, -0.15) is 0 Å². The van der Waals surface area contributed by atoms with Crippen molar-refractivity contribution >= 4 is 5.91 Å². The molecule has 0 aliphatic heterocycles. The predicted molar refractivity (Wildman–Crippen MR) is 114 cm³/mol. The number of nitrogens with zero attached hydrogens (tertiary/aromatic N) is 1. The van der Waals surface area contributed by atoms with Crippen LogP contribution in [0.2, 0.25) is 0 Å². The van der Waals surface area contributed by atoms with Gasteiger partial charge in [0.25, 0.3) is 5.91 Å². The lowest BCUT2D eigenvalue weighted by molar-refractivity contribution is -0.143. The van der Waals surface area contributed by atoms with Crippen LogP contribution in [0.4, 0.5) is 0 Å². The van der Waals surface area contributed by atoms with Crippen LogP contribution in [0, 0.1) is 5.92 Å². The number of hydrazine groups is 2. The fourth-order valence-corrected chi connectivity index (χ4v) is 3.16. The summed E-state index contributed by atoms with van der Waals surface area (Å²) in [5.41, 5.74) is 6.59. The average Bonchev–Trinajstić information content (AvgIpc) is 2.65. The van der Waals surface area contributed by atoms with Gasteiger partial charge < -0.3 is 0 Å². The zero-order chi connectivity index (χ0) is 19.5. The molecule has 4 heteroatoms. The summed E-state index contributed by atoms with van der Waals surface area (Å²) in [5.74, 6) is 0.362. The fourth-order valence-electron chi connectivity index (χ4n) is 3.16. The summed E-state index contributed by atoms with van der Waals surface area (Å²) in [6, 6.07) is 0. The first-order valence-electron chi connectivity index (χ1n) is 11.5. The van der Waals surface area contributed by atoms with Gasteiger partial charge in [-0.15, -0.1) is 0 Å². The molecule has 1 amide bonds. The molecule has 0 spiro atoms. The van der Waals surface area contributed by atoms with E-state index in [0.717, 1.165) is 51.6 Å². The number of carbonyl (C=O) groups excluding carboxylic acids is 1. The van der Waals surface area contributed by atoms with Crippen molar-refractivity contribution in [2.45, 2.75) is 118 Å². The first-order chi connectivity index (χ1) is 12.7. The van der Waals surface area contributed by atoms with Gasteiger partial charge in [0.05, 0.1) is 0 Å². The highest BCUT2D eigenvalue weighted by Gasteiger charge is 2.22. The summed E-state index contributed by atoms with van der Waals surface area (Å²) < 4.78 is 0. The molecule has 2 N–H and O–H groups in total. The molecule has 1 unspecified atom stereocenters. The second-order valence-electron chi connectivity index (χ2n) is 7.57. The molecule has 0 heterocycles. The lowest BCUT2D eigenvalue weighted by Crippen LogP contribution is -2.54. The molecule has 0 aliphatic carbocycles. The third-order valence-electron chi connectivity index (χ3n) is 5.07. The standard InChI is InChI=1S/C22H47N3O/c1-5-9-12-13-14-15-16-17-18-21(8-4)22(26)25(23-19-10-6-2)24-20-11-7-3/h21,23-24H,5-20H2,1-4H3. The lowest BCUT2D eigenvalue weighted by Gasteiger charge is -2.28. The maximum Gasteiger partial charge on any atom is 0.254 e. The molecule has 26 heavy (non-hydrogen) atoms. The van der Waals surface area contributed by atoms with E-state index >= 15 is 0 Å². The molecule has 0 aromatic carbocycles. The van der Waals surface area contributed by atoms with E-state index in [0.29, 0.717) is 0 Å². The van der Waals surface area contributed by atoms with Crippen LogP contribution in [0.15, 0.2) is 0 Å². The van der Waals surface area contributed by atoms with E-state index < -0.39 is 0 Å². The quantitative estimate of drug-likeness (QED) is 0.217. The summed E-state index contributed by atoms with van der Waals surface area (Å²) in [4.78, 5) is 12.9. The maximum atomic E-state index is 12.9. The van der Waals surface area contributed by atoms with E-state index in [1.807, 2.05) is 0 Å². The molecule has 0 fully saturated rings. The van der Waals surface area contributed by atoms with Crippen LogP contribution >= 0.6 is 0 Å². The maximum absolute atomic E-state index is 12.9. The molecule has 0 aliphatic rings. The summed E-state index contributed by atoms with van der Waals surface area (Å²) in [7, 11) is 0. The van der Waals surface area contributed by atoms with Crippen LogP contribution in [-0.2, 0) is 4.79 Å². The molecule has 0 radical (unpaired) electrons. The van der Waals surface area contributed by atoms with Crippen molar-refractivity contribution in [3.05, 3.63) is 0 Å². The SMILES string of the molecule is CCCCCCCCCCC(CC)C(=O)N(NCCCC)NCCCC. The zero-order valence-corrected chi connectivity index (χ0v) is 18.2. The largest absolute Gasteiger partial charge is 0.272 e. The third kappa shape index (κ3) is 13.6. The minimum absolute atomic E-state index is 0.137. The van der Waals surface area contributed by atoms with Gasteiger partial charge in [0, 0.05) is 19.0 Å². The number of rotatable bonds is 19. The van der Waals surface area contributed by atoms with E-state index in [-0.39, 0.29) is 11.8 Å². The third-order valence-corrected chi connectivity index (χ3v) is 5.07. The minimum Gasteiger partial charge on any atom is -0.272 e. The molecule has 0 saturated carbocycles. The van der Waals surface area contributed by atoms with E-state index in [4.69, 9.17) is 0 Å². The monoisotopic (exact) mass is 369 g/mol. The van der Waals surface area contributed by atoms with Crippen molar-refractivity contribution in [2.24, 2.45) is 5.92 Å². The Kier molecular flexibility index (Phi) is 18.7. The Hall–Kier alpha value is -0.610. The van der Waals surface area contributed by atoms with Gasteiger partial charge in [0.1, 0.15) is 0 Å². The molecule has 0 aromatic rings. The number of amides is 1. The first kappa shape index (κ1) is 25.4. The molecular formula is C22H47N3O. The van der Waals surface area contributed by atoms with Crippen LogP contribution in [-0.4, -0.2) is 24.1 Å². The highest BCUT2D eigenvalue weighted by Crippen LogP contribution is 2.17. The number of unbranched alkanes of at least 4 members (excludes halogenated alkanes) is 9. The fraction of sp³-hybridized carbons (Fsp3) is 0.955. The molecule has 4 nitrogen and oxygen atoms in total. The number of hydrogen-bond acceptors (Lipinski definition) is 3. The van der Waals surface area contributed by atoms with Crippen molar-refractivity contribution in [3.63, 3.8) is 0 Å². The summed E-state index contributed by atoms with van der Waals surface area (Å²) >= 11 is 0. The molecule has 1 atom stereocenters. The van der Waals surface area contributed by atoms with Gasteiger partial charge in [0.2, 0.25) is 0 Å². The predicted octanol–water partition coefficient (Wildman–Crippen LogP) is 5.98. The molecule has 156 valence electrons. The van der Waals surface area contributed by atoms with E-state index in [1.54, 1.807) is 5.12 Å². The Morgan fingerprint density at radius 2 is 1.15 bits per heavy atom. The van der Waals surface area contributed by atoms with Gasteiger partial charge in [0.15, 0.2) is 0 Å². The Balaban J connectivity index is 4.17. The Labute approximate surface area is 163 Å². The molecule has 0 bridgehead atoms. The highest BCUT2D eigenvalue weighted by molar-refractivity contribution is 5.77. The van der Waals surface area contributed by atoms with Gasteiger partial charge in [-0.3, -0.25) is 4.79 Å². The smallest absolute Gasteiger partial charge is 0.254 e. The summed E-state index contributed by atoms with van der Waals surface area (Å²) in [5, 5.41) is 1.70. The number of nitrogens with one attached hydrogen (secondary N) is 2. The molecular weight excluding hydrogens is 322 g/mol. The number of hydrogen-bond donors (Lipinski definition) is 2. The highest BCUT2D eigenvalue weighted by atomic mass is 16.2. The van der Waals surface area contributed by atoms with Gasteiger partial charge >= 0.3 is 0 Å². The van der Waals surface area contributed by atoms with Crippen LogP contribution in [0.5, 0.6) is 0 Å². The van der Waals surface area contributed by atoms with Crippen LogP contribution in [0.3, 0.4) is 0 Å². The Bertz CT molecular complexity index is 300. The molecule has 0 rings (SSSR count). The van der Waals surface area contributed by atoms with Gasteiger partial charge in [-0.1, -0.05) is 91.9 Å². The average molecular weight is 370 g/mol. The van der Waals surface area contributed by atoms with Crippen LogP contribution in [0.1, 0.15) is 118 Å².